The first-order chi connectivity index (χ1) is 7.61. The summed E-state index contributed by atoms with van der Waals surface area (Å²) in [5.74, 6) is -1.03. The zero-order valence-corrected chi connectivity index (χ0v) is 9.64. The summed E-state index contributed by atoms with van der Waals surface area (Å²) in [5.41, 5.74) is 0.533. The fraction of sp³-hybridized carbons (Fsp3) is 0.600. The van der Waals surface area contributed by atoms with E-state index in [0.29, 0.717) is 18.9 Å². The van der Waals surface area contributed by atoms with Gasteiger partial charge in [0.15, 0.2) is 0 Å². The molecule has 1 heterocycles. The van der Waals surface area contributed by atoms with Gasteiger partial charge >= 0.3 is 5.97 Å². The highest BCUT2D eigenvalue weighted by Gasteiger charge is 2.24. The molecule has 1 aromatic rings. The molecule has 16 heavy (non-hydrogen) atoms. The molecule has 0 aliphatic carbocycles. The van der Waals surface area contributed by atoms with Gasteiger partial charge < -0.3 is 14.6 Å². The van der Waals surface area contributed by atoms with Crippen LogP contribution >= 0.6 is 0 Å². The Morgan fingerprint density at radius 3 is 2.50 bits per heavy atom. The minimum absolute atomic E-state index is 0.106. The Labute approximate surface area is 93.8 Å². The summed E-state index contributed by atoms with van der Waals surface area (Å²) in [6.45, 7) is 4.52. The second-order valence-corrected chi connectivity index (χ2v) is 3.11. The molecule has 1 N–H and O–H groups in total. The van der Waals surface area contributed by atoms with Crippen LogP contribution in [-0.2, 0) is 16.5 Å². The van der Waals surface area contributed by atoms with Crippen LogP contribution in [0.4, 0.5) is 0 Å². The normalized spacial score (nSPS) is 11.0. The van der Waals surface area contributed by atoms with Gasteiger partial charge in [0.25, 0.3) is 0 Å². The van der Waals surface area contributed by atoms with Crippen molar-refractivity contribution in [2.24, 2.45) is 7.05 Å². The molecule has 0 fully saturated rings. The van der Waals surface area contributed by atoms with E-state index in [1.807, 2.05) is 13.8 Å². The number of carboxylic acid groups (broad SMARTS) is 1. The number of aromatic carboxylic acids is 1. The highest BCUT2D eigenvalue weighted by atomic mass is 16.7. The lowest BCUT2D eigenvalue weighted by molar-refractivity contribution is -0.144. The highest BCUT2D eigenvalue weighted by molar-refractivity contribution is 5.88. The maximum absolute atomic E-state index is 11.0. The minimum atomic E-state index is -1.03. The van der Waals surface area contributed by atoms with E-state index in [1.54, 1.807) is 7.05 Å². The van der Waals surface area contributed by atoms with Crippen LogP contribution in [0.2, 0.25) is 0 Å². The van der Waals surface area contributed by atoms with Crippen molar-refractivity contribution in [1.29, 1.82) is 0 Å². The number of hydrogen-bond acceptors (Lipinski definition) is 4. The van der Waals surface area contributed by atoms with Crippen molar-refractivity contribution in [3.05, 3.63) is 17.5 Å². The highest BCUT2D eigenvalue weighted by Crippen LogP contribution is 2.22. The molecule has 0 aliphatic heterocycles. The summed E-state index contributed by atoms with van der Waals surface area (Å²) in [6.07, 6.45) is 0.608. The molecular formula is C10H16N2O4. The van der Waals surface area contributed by atoms with E-state index in [4.69, 9.17) is 14.6 Å². The quantitative estimate of drug-likeness (QED) is 0.740. The van der Waals surface area contributed by atoms with Crippen LogP contribution in [-0.4, -0.2) is 34.1 Å². The zero-order chi connectivity index (χ0) is 12.1. The van der Waals surface area contributed by atoms with Crippen molar-refractivity contribution in [3.63, 3.8) is 0 Å². The lowest BCUT2D eigenvalue weighted by Gasteiger charge is -2.17. The van der Waals surface area contributed by atoms with Crippen LogP contribution in [0.1, 0.15) is 36.2 Å². The monoisotopic (exact) mass is 228 g/mol. The Kier molecular flexibility index (Phi) is 4.45. The van der Waals surface area contributed by atoms with Gasteiger partial charge in [-0.2, -0.15) is 5.10 Å². The molecule has 0 bridgehead atoms. The molecule has 1 aromatic heterocycles. The van der Waals surface area contributed by atoms with Crippen LogP contribution in [0.3, 0.4) is 0 Å². The van der Waals surface area contributed by atoms with E-state index >= 15 is 0 Å². The van der Waals surface area contributed by atoms with Gasteiger partial charge in [-0.1, -0.05) is 0 Å². The summed E-state index contributed by atoms with van der Waals surface area (Å²) >= 11 is 0. The maximum Gasteiger partial charge on any atom is 0.339 e. The number of aromatic nitrogens is 2. The predicted molar refractivity (Wildman–Crippen MR) is 56.2 cm³/mol. The predicted octanol–water partition coefficient (Wildman–Crippen LogP) is 1.19. The Morgan fingerprint density at radius 1 is 1.50 bits per heavy atom. The van der Waals surface area contributed by atoms with Crippen molar-refractivity contribution >= 4 is 5.97 Å². The van der Waals surface area contributed by atoms with Gasteiger partial charge in [0.2, 0.25) is 6.29 Å². The van der Waals surface area contributed by atoms with Crippen molar-refractivity contribution in [1.82, 2.24) is 9.78 Å². The van der Waals surface area contributed by atoms with Gasteiger partial charge in [0.05, 0.1) is 6.20 Å². The third-order valence-corrected chi connectivity index (χ3v) is 2.07. The Morgan fingerprint density at radius 2 is 2.06 bits per heavy atom. The number of hydrogen-bond donors (Lipinski definition) is 1. The Hall–Kier alpha value is -1.40. The largest absolute Gasteiger partial charge is 0.478 e. The standard InChI is InChI=1S/C10H16N2O4/c1-4-15-10(16-5-2)8-7(9(13)14)6-11-12(8)3/h6,10H,4-5H2,1-3H3,(H,13,14). The second-order valence-electron chi connectivity index (χ2n) is 3.11. The van der Waals surface area contributed by atoms with Gasteiger partial charge in [-0.25, -0.2) is 4.79 Å². The number of carbonyl (C=O) groups is 1. The van der Waals surface area contributed by atoms with E-state index < -0.39 is 12.3 Å². The van der Waals surface area contributed by atoms with E-state index in [9.17, 15) is 4.79 Å². The van der Waals surface area contributed by atoms with Gasteiger partial charge in [-0.3, -0.25) is 4.68 Å². The first-order valence-corrected chi connectivity index (χ1v) is 5.10. The molecule has 0 amide bonds. The second kappa shape index (κ2) is 5.62. The number of aryl methyl sites for hydroxylation is 1. The first-order valence-electron chi connectivity index (χ1n) is 5.10. The lowest BCUT2D eigenvalue weighted by Crippen LogP contribution is -2.16. The third-order valence-electron chi connectivity index (χ3n) is 2.07. The number of rotatable bonds is 6. The van der Waals surface area contributed by atoms with E-state index in [-0.39, 0.29) is 5.56 Å². The number of ether oxygens (including phenoxy) is 2. The Bertz CT molecular complexity index is 356. The van der Waals surface area contributed by atoms with Gasteiger partial charge in [0.1, 0.15) is 11.3 Å². The minimum Gasteiger partial charge on any atom is -0.478 e. The van der Waals surface area contributed by atoms with Crippen molar-refractivity contribution in [2.75, 3.05) is 13.2 Å². The molecule has 0 aliphatic rings. The van der Waals surface area contributed by atoms with Crippen LogP contribution in [0.15, 0.2) is 6.20 Å². The molecule has 0 atom stereocenters. The molecule has 1 rings (SSSR count). The fourth-order valence-corrected chi connectivity index (χ4v) is 1.40. The van der Waals surface area contributed by atoms with Crippen LogP contribution in [0.25, 0.3) is 0 Å². The van der Waals surface area contributed by atoms with Crippen molar-refractivity contribution < 1.29 is 19.4 Å². The van der Waals surface area contributed by atoms with Gasteiger partial charge in [-0.15, -0.1) is 0 Å². The third kappa shape index (κ3) is 2.59. The SMILES string of the molecule is CCOC(OCC)c1c(C(=O)O)cnn1C. The number of carboxylic acids is 1. The molecule has 0 radical (unpaired) electrons. The summed E-state index contributed by atoms with van der Waals surface area (Å²) in [4.78, 5) is 11.0. The summed E-state index contributed by atoms with van der Waals surface area (Å²) < 4.78 is 12.2. The van der Waals surface area contributed by atoms with E-state index in [1.165, 1.54) is 10.9 Å². The molecule has 0 aromatic carbocycles. The van der Waals surface area contributed by atoms with Crippen LogP contribution in [0, 0.1) is 0 Å². The first kappa shape index (κ1) is 12.7. The molecule has 6 heteroatoms. The van der Waals surface area contributed by atoms with Crippen LogP contribution in [0.5, 0.6) is 0 Å². The molecule has 0 unspecified atom stereocenters. The van der Waals surface area contributed by atoms with Gasteiger partial charge in [0, 0.05) is 20.3 Å². The maximum atomic E-state index is 11.0. The average Bonchev–Trinajstić information content (AvgIpc) is 2.60. The number of nitrogens with zero attached hydrogens (tertiary/aromatic N) is 2. The molecule has 0 saturated carbocycles. The molecular weight excluding hydrogens is 212 g/mol. The zero-order valence-electron chi connectivity index (χ0n) is 9.64. The molecule has 90 valence electrons. The average molecular weight is 228 g/mol. The summed E-state index contributed by atoms with van der Waals surface area (Å²) in [7, 11) is 1.66. The van der Waals surface area contributed by atoms with E-state index in [2.05, 4.69) is 5.10 Å². The lowest BCUT2D eigenvalue weighted by atomic mass is 10.2. The molecule has 0 spiro atoms. The van der Waals surface area contributed by atoms with E-state index in [0.717, 1.165) is 0 Å². The van der Waals surface area contributed by atoms with Crippen LogP contribution < -0.4 is 0 Å². The molecule has 0 saturated heterocycles. The molecule has 6 nitrogen and oxygen atoms in total. The topological polar surface area (TPSA) is 73.6 Å². The summed E-state index contributed by atoms with van der Waals surface area (Å²) in [6, 6.07) is 0. The van der Waals surface area contributed by atoms with Crippen molar-refractivity contribution in [2.45, 2.75) is 20.1 Å². The Balaban J connectivity index is 3.05. The van der Waals surface area contributed by atoms with Gasteiger partial charge in [-0.05, 0) is 13.8 Å². The summed E-state index contributed by atoms with van der Waals surface area (Å²) in [5, 5.41) is 12.9. The fourth-order valence-electron chi connectivity index (χ4n) is 1.40. The smallest absolute Gasteiger partial charge is 0.339 e. The van der Waals surface area contributed by atoms with Crippen molar-refractivity contribution in [3.8, 4) is 0 Å².